The molecule has 0 amide bonds. The van der Waals surface area contributed by atoms with Crippen molar-refractivity contribution >= 4 is 12.0 Å². The molecule has 1 aromatic rings. The van der Waals surface area contributed by atoms with Crippen LogP contribution in [0, 0.1) is 0 Å². The van der Waals surface area contributed by atoms with Crippen LogP contribution >= 0.6 is 0 Å². The molecule has 0 radical (unpaired) electrons. The summed E-state index contributed by atoms with van der Waals surface area (Å²) in [5, 5.41) is 0. The lowest BCUT2D eigenvalue weighted by Crippen LogP contribution is -1.84. The van der Waals surface area contributed by atoms with E-state index in [-0.39, 0.29) is 0 Å². The normalized spacial score (nSPS) is 7.64. The van der Waals surface area contributed by atoms with Crippen LogP contribution in [0.2, 0.25) is 0 Å². The van der Waals surface area contributed by atoms with Crippen molar-refractivity contribution in [3.8, 4) is 0 Å². The molecule has 0 atom stereocenters. The number of nitrogens with two attached hydrogens (primary N) is 1. The summed E-state index contributed by atoms with van der Waals surface area (Å²) in [6.07, 6.45) is 0.791. The lowest BCUT2D eigenvalue weighted by Gasteiger charge is -1.89. The van der Waals surface area contributed by atoms with Crippen LogP contribution in [-0.4, -0.2) is 6.29 Å². The van der Waals surface area contributed by atoms with E-state index >= 15 is 0 Å². The smallest absolute Gasteiger partial charge is 0.150 e. The van der Waals surface area contributed by atoms with Crippen LogP contribution in [0.15, 0.2) is 37.4 Å². The van der Waals surface area contributed by atoms with Gasteiger partial charge in [0.25, 0.3) is 0 Å². The standard InChI is InChI=1S/C7H7NO.C2H4/c8-7-3-1-6(5-9)2-4-7;1-2/h1-5H,8H2;1-2H2. The maximum Gasteiger partial charge on any atom is 0.150 e. The molecule has 1 rings (SSSR count). The Balaban J connectivity index is 0.000000461. The van der Waals surface area contributed by atoms with Gasteiger partial charge >= 0.3 is 0 Å². The predicted molar refractivity (Wildman–Crippen MR) is 47.5 cm³/mol. The summed E-state index contributed by atoms with van der Waals surface area (Å²) in [5.74, 6) is 0. The number of rotatable bonds is 1. The van der Waals surface area contributed by atoms with Gasteiger partial charge in [0.2, 0.25) is 0 Å². The highest BCUT2D eigenvalue weighted by molar-refractivity contribution is 5.75. The number of carbonyl (C=O) groups is 1. The molecule has 58 valence electrons. The summed E-state index contributed by atoms with van der Waals surface area (Å²) in [7, 11) is 0. The molecule has 0 saturated carbocycles. The van der Waals surface area contributed by atoms with Gasteiger partial charge in [-0.05, 0) is 24.3 Å². The number of aldehydes is 1. The van der Waals surface area contributed by atoms with Crippen LogP contribution in [0.4, 0.5) is 5.69 Å². The van der Waals surface area contributed by atoms with Crippen LogP contribution in [0.1, 0.15) is 10.4 Å². The summed E-state index contributed by atoms with van der Waals surface area (Å²) in [6.45, 7) is 6.00. The zero-order valence-corrected chi connectivity index (χ0v) is 6.29. The Labute approximate surface area is 66.3 Å². The van der Waals surface area contributed by atoms with E-state index in [1.54, 1.807) is 24.3 Å². The topological polar surface area (TPSA) is 43.1 Å². The first-order chi connectivity index (χ1) is 5.33. The fraction of sp³-hybridized carbons (Fsp3) is 0. The van der Waals surface area contributed by atoms with E-state index in [4.69, 9.17) is 5.73 Å². The quantitative estimate of drug-likeness (QED) is 0.376. The van der Waals surface area contributed by atoms with Crippen molar-refractivity contribution in [2.75, 3.05) is 5.73 Å². The van der Waals surface area contributed by atoms with Gasteiger partial charge in [-0.25, -0.2) is 0 Å². The summed E-state index contributed by atoms with van der Waals surface area (Å²) < 4.78 is 0. The van der Waals surface area contributed by atoms with Gasteiger partial charge in [0.1, 0.15) is 6.29 Å². The fourth-order valence-electron chi connectivity index (χ4n) is 0.575. The first-order valence-corrected chi connectivity index (χ1v) is 3.13. The first kappa shape index (κ1) is 9.43. The second-order valence-electron chi connectivity index (χ2n) is 1.78. The molecule has 0 aliphatic carbocycles. The van der Waals surface area contributed by atoms with Crippen molar-refractivity contribution in [1.82, 2.24) is 0 Å². The SMILES string of the molecule is C=C.Nc1ccc(C=O)cc1. The molecule has 11 heavy (non-hydrogen) atoms. The van der Waals surface area contributed by atoms with Crippen molar-refractivity contribution in [1.29, 1.82) is 0 Å². The Morgan fingerprint density at radius 1 is 1.18 bits per heavy atom. The molecule has 0 bridgehead atoms. The molecule has 0 aromatic heterocycles. The monoisotopic (exact) mass is 149 g/mol. The van der Waals surface area contributed by atoms with E-state index in [0.717, 1.165) is 6.29 Å². The molecular formula is C9H11NO. The predicted octanol–water partition coefficient (Wildman–Crippen LogP) is 1.88. The molecule has 2 N–H and O–H groups in total. The maximum absolute atomic E-state index is 10.1. The third-order valence-corrected chi connectivity index (χ3v) is 1.07. The van der Waals surface area contributed by atoms with Gasteiger partial charge in [-0.3, -0.25) is 4.79 Å². The van der Waals surface area contributed by atoms with Crippen LogP contribution in [0.3, 0.4) is 0 Å². The molecule has 1 aromatic carbocycles. The minimum atomic E-state index is 0.657. The zero-order chi connectivity index (χ0) is 8.69. The fourth-order valence-corrected chi connectivity index (χ4v) is 0.575. The van der Waals surface area contributed by atoms with Crippen molar-refractivity contribution in [2.24, 2.45) is 0 Å². The van der Waals surface area contributed by atoms with Gasteiger partial charge in [-0.15, -0.1) is 13.2 Å². The highest BCUT2D eigenvalue weighted by Gasteiger charge is 1.85. The maximum atomic E-state index is 10.1. The van der Waals surface area contributed by atoms with Gasteiger partial charge in [-0.2, -0.15) is 0 Å². The Bertz CT molecular complexity index is 216. The highest BCUT2D eigenvalue weighted by Crippen LogP contribution is 2.01. The molecule has 0 aliphatic heterocycles. The van der Waals surface area contributed by atoms with E-state index < -0.39 is 0 Å². The number of benzene rings is 1. The van der Waals surface area contributed by atoms with Crippen LogP contribution in [-0.2, 0) is 0 Å². The molecule has 0 saturated heterocycles. The van der Waals surface area contributed by atoms with Crippen molar-refractivity contribution < 1.29 is 4.79 Å². The van der Waals surface area contributed by atoms with Crippen molar-refractivity contribution in [3.63, 3.8) is 0 Å². The van der Waals surface area contributed by atoms with E-state index in [1.807, 2.05) is 0 Å². The number of anilines is 1. The lowest BCUT2D eigenvalue weighted by atomic mass is 10.2. The summed E-state index contributed by atoms with van der Waals surface area (Å²) in [4.78, 5) is 10.1. The van der Waals surface area contributed by atoms with Gasteiger partial charge in [0.15, 0.2) is 0 Å². The molecule has 2 nitrogen and oxygen atoms in total. The second kappa shape index (κ2) is 5.23. The average Bonchev–Trinajstić information content (AvgIpc) is 2.10. The van der Waals surface area contributed by atoms with Crippen molar-refractivity contribution in [3.05, 3.63) is 43.0 Å². The molecule has 2 heteroatoms. The van der Waals surface area contributed by atoms with Gasteiger partial charge in [0.05, 0.1) is 0 Å². The first-order valence-electron chi connectivity index (χ1n) is 3.13. The Morgan fingerprint density at radius 2 is 1.64 bits per heavy atom. The van der Waals surface area contributed by atoms with Gasteiger partial charge in [-0.1, -0.05) is 0 Å². The highest BCUT2D eigenvalue weighted by atomic mass is 16.1. The van der Waals surface area contributed by atoms with E-state index in [0.29, 0.717) is 11.3 Å². The molecule has 0 fully saturated rings. The minimum absolute atomic E-state index is 0.657. The molecule has 0 aliphatic rings. The average molecular weight is 149 g/mol. The Kier molecular flexibility index (Phi) is 4.49. The lowest BCUT2D eigenvalue weighted by molar-refractivity contribution is 0.112. The summed E-state index contributed by atoms with van der Waals surface area (Å²) in [6, 6.07) is 6.76. The zero-order valence-electron chi connectivity index (χ0n) is 6.29. The minimum Gasteiger partial charge on any atom is -0.399 e. The number of nitrogen functional groups attached to an aromatic ring is 1. The third-order valence-electron chi connectivity index (χ3n) is 1.07. The van der Waals surface area contributed by atoms with E-state index in [2.05, 4.69) is 13.2 Å². The molecule has 0 unspecified atom stereocenters. The summed E-state index contributed by atoms with van der Waals surface area (Å²) in [5.41, 5.74) is 6.70. The van der Waals surface area contributed by atoms with Gasteiger partial charge < -0.3 is 5.73 Å². The van der Waals surface area contributed by atoms with Crippen molar-refractivity contribution in [2.45, 2.75) is 0 Å². The van der Waals surface area contributed by atoms with E-state index in [9.17, 15) is 4.79 Å². The van der Waals surface area contributed by atoms with Crippen LogP contribution in [0.25, 0.3) is 0 Å². The third kappa shape index (κ3) is 3.20. The Morgan fingerprint density at radius 3 is 2.00 bits per heavy atom. The van der Waals surface area contributed by atoms with Crippen LogP contribution in [0.5, 0.6) is 0 Å². The van der Waals surface area contributed by atoms with Gasteiger partial charge in [0, 0.05) is 11.3 Å². The molecular weight excluding hydrogens is 138 g/mol. The molecule has 0 spiro atoms. The molecule has 0 heterocycles. The largest absolute Gasteiger partial charge is 0.399 e. The second-order valence-corrected chi connectivity index (χ2v) is 1.78. The number of carbonyl (C=O) groups excluding carboxylic acids is 1. The number of hydrogen-bond donors (Lipinski definition) is 1. The van der Waals surface area contributed by atoms with Crippen LogP contribution < -0.4 is 5.73 Å². The Hall–Kier alpha value is -1.57. The van der Waals surface area contributed by atoms with E-state index in [1.165, 1.54) is 0 Å². The number of hydrogen-bond acceptors (Lipinski definition) is 2. The summed E-state index contributed by atoms with van der Waals surface area (Å²) >= 11 is 0.